The third-order valence-corrected chi connectivity index (χ3v) is 5.07. The molecule has 0 saturated carbocycles. The lowest BCUT2D eigenvalue weighted by Crippen LogP contribution is -2.45. The molecule has 0 atom stereocenters. The molecule has 6 nitrogen and oxygen atoms in total. The van der Waals surface area contributed by atoms with E-state index < -0.39 is 0 Å². The molecule has 2 rings (SSSR count). The maximum atomic E-state index is 11.5. The van der Waals surface area contributed by atoms with E-state index in [0.717, 1.165) is 44.1 Å². The van der Waals surface area contributed by atoms with Crippen molar-refractivity contribution in [1.29, 1.82) is 0 Å². The summed E-state index contributed by atoms with van der Waals surface area (Å²) in [5.41, 5.74) is 2.96. The average molecular weight is 451 g/mol. The Hall–Kier alpha value is -0.900. The number of aliphatic imine (C=N–C) groups is 1. The van der Waals surface area contributed by atoms with Crippen molar-refractivity contribution in [2.45, 2.75) is 32.7 Å². The molecule has 1 saturated heterocycles. The number of carbonyl (C=O) groups is 1. The van der Waals surface area contributed by atoms with Crippen LogP contribution in [0, 0.1) is 12.8 Å². The topological polar surface area (TPSA) is 69.6 Å². The van der Waals surface area contributed by atoms with Crippen LogP contribution in [0.4, 0.5) is 0 Å². The minimum absolute atomic E-state index is 0. The molecule has 1 aromatic heterocycles. The summed E-state index contributed by atoms with van der Waals surface area (Å²) in [5.74, 6) is 1.56. The summed E-state index contributed by atoms with van der Waals surface area (Å²) in [6.07, 6.45) is 2.71. The molecule has 0 unspecified atom stereocenters. The van der Waals surface area contributed by atoms with Crippen molar-refractivity contribution in [2.24, 2.45) is 10.9 Å². The standard InChI is InChI=1S/C15H25N5OS.HI/c1-11-13(22-10-19-11)9-18-15(17-3)20-6-4-12(5-7-20)8-14(21)16-2;/h10,12H,4-9H2,1-3H3,(H,16,21)(H,17,18);1H. The predicted octanol–water partition coefficient (Wildman–Crippen LogP) is 1.99. The maximum Gasteiger partial charge on any atom is 0.220 e. The number of aryl methyl sites for hydroxylation is 1. The van der Waals surface area contributed by atoms with Crippen LogP contribution in [0.25, 0.3) is 0 Å². The van der Waals surface area contributed by atoms with Gasteiger partial charge in [0.25, 0.3) is 0 Å². The first-order valence-electron chi connectivity index (χ1n) is 7.69. The Bertz CT molecular complexity index is 526. The highest BCUT2D eigenvalue weighted by atomic mass is 127. The number of carbonyl (C=O) groups excluding carboxylic acids is 1. The summed E-state index contributed by atoms with van der Waals surface area (Å²) in [4.78, 5) is 23.6. The summed E-state index contributed by atoms with van der Waals surface area (Å²) in [7, 11) is 3.52. The van der Waals surface area contributed by atoms with Gasteiger partial charge in [0.1, 0.15) is 0 Å². The minimum atomic E-state index is 0. The van der Waals surface area contributed by atoms with Gasteiger partial charge < -0.3 is 15.5 Å². The molecule has 0 aliphatic carbocycles. The van der Waals surface area contributed by atoms with Crippen molar-refractivity contribution in [3.63, 3.8) is 0 Å². The molecule has 1 fully saturated rings. The van der Waals surface area contributed by atoms with Crippen molar-refractivity contribution in [1.82, 2.24) is 20.5 Å². The van der Waals surface area contributed by atoms with E-state index in [0.29, 0.717) is 12.3 Å². The van der Waals surface area contributed by atoms with Gasteiger partial charge in [0.15, 0.2) is 5.96 Å². The molecule has 1 aromatic rings. The van der Waals surface area contributed by atoms with Gasteiger partial charge in [-0.1, -0.05) is 0 Å². The van der Waals surface area contributed by atoms with Gasteiger partial charge in [-0.25, -0.2) is 4.98 Å². The number of rotatable bonds is 4. The second-order valence-electron chi connectivity index (χ2n) is 5.57. The molecule has 23 heavy (non-hydrogen) atoms. The summed E-state index contributed by atoms with van der Waals surface area (Å²) >= 11 is 1.67. The third kappa shape index (κ3) is 5.91. The van der Waals surface area contributed by atoms with Crippen LogP contribution in [0.5, 0.6) is 0 Å². The van der Waals surface area contributed by atoms with E-state index in [4.69, 9.17) is 0 Å². The van der Waals surface area contributed by atoms with Gasteiger partial charge in [-0.3, -0.25) is 9.79 Å². The van der Waals surface area contributed by atoms with E-state index in [1.807, 2.05) is 19.5 Å². The van der Waals surface area contributed by atoms with E-state index >= 15 is 0 Å². The van der Waals surface area contributed by atoms with Crippen LogP contribution < -0.4 is 10.6 Å². The zero-order chi connectivity index (χ0) is 15.9. The molecule has 2 heterocycles. The van der Waals surface area contributed by atoms with E-state index in [2.05, 4.69) is 25.5 Å². The molecule has 1 aliphatic rings. The van der Waals surface area contributed by atoms with Gasteiger partial charge in [-0.2, -0.15) is 0 Å². The van der Waals surface area contributed by atoms with E-state index in [1.54, 1.807) is 18.4 Å². The van der Waals surface area contributed by atoms with Crippen LogP contribution in [0.15, 0.2) is 10.5 Å². The van der Waals surface area contributed by atoms with Crippen LogP contribution in [-0.2, 0) is 11.3 Å². The molecule has 0 aromatic carbocycles. The number of piperidine rings is 1. The quantitative estimate of drug-likeness (QED) is 0.418. The molecular weight excluding hydrogens is 425 g/mol. The van der Waals surface area contributed by atoms with Crippen molar-refractivity contribution < 1.29 is 4.79 Å². The number of halogens is 1. The number of guanidine groups is 1. The summed E-state index contributed by atoms with van der Waals surface area (Å²) in [6, 6.07) is 0. The Kier molecular flexibility index (Phi) is 8.82. The normalized spacial score (nSPS) is 16.0. The number of hydrogen-bond donors (Lipinski definition) is 2. The van der Waals surface area contributed by atoms with Gasteiger partial charge in [0, 0.05) is 38.5 Å². The third-order valence-electron chi connectivity index (χ3n) is 4.13. The Morgan fingerprint density at radius 1 is 1.48 bits per heavy atom. The number of aromatic nitrogens is 1. The monoisotopic (exact) mass is 451 g/mol. The first-order valence-corrected chi connectivity index (χ1v) is 8.57. The number of likely N-dealkylation sites (tertiary alicyclic amines) is 1. The van der Waals surface area contributed by atoms with Gasteiger partial charge in [-0.15, -0.1) is 35.3 Å². The number of amides is 1. The summed E-state index contributed by atoms with van der Waals surface area (Å²) in [5, 5.41) is 6.12. The Morgan fingerprint density at radius 2 is 2.17 bits per heavy atom. The number of nitrogens with one attached hydrogen (secondary N) is 2. The molecule has 2 N–H and O–H groups in total. The summed E-state index contributed by atoms with van der Waals surface area (Å²) in [6.45, 7) is 4.69. The van der Waals surface area contributed by atoms with Crippen molar-refractivity contribution in [2.75, 3.05) is 27.2 Å². The molecule has 0 spiro atoms. The molecule has 1 amide bonds. The van der Waals surface area contributed by atoms with Crippen LogP contribution in [0.1, 0.15) is 29.8 Å². The molecule has 130 valence electrons. The molecule has 8 heteroatoms. The highest BCUT2D eigenvalue weighted by molar-refractivity contribution is 14.0. The van der Waals surface area contributed by atoms with Gasteiger partial charge >= 0.3 is 0 Å². The zero-order valence-corrected chi connectivity index (χ0v) is 17.1. The van der Waals surface area contributed by atoms with Crippen LogP contribution >= 0.6 is 35.3 Å². The van der Waals surface area contributed by atoms with E-state index in [-0.39, 0.29) is 29.9 Å². The second-order valence-corrected chi connectivity index (χ2v) is 6.51. The highest BCUT2D eigenvalue weighted by Crippen LogP contribution is 2.20. The first kappa shape index (κ1) is 20.1. The van der Waals surface area contributed by atoms with Crippen LogP contribution in [0.2, 0.25) is 0 Å². The van der Waals surface area contributed by atoms with E-state index in [1.165, 1.54) is 4.88 Å². The maximum absolute atomic E-state index is 11.5. The van der Waals surface area contributed by atoms with Crippen molar-refractivity contribution in [3.8, 4) is 0 Å². The van der Waals surface area contributed by atoms with Crippen LogP contribution in [-0.4, -0.2) is 48.9 Å². The van der Waals surface area contributed by atoms with E-state index in [9.17, 15) is 4.79 Å². The average Bonchev–Trinajstić information content (AvgIpc) is 2.94. The molecule has 0 radical (unpaired) electrons. The Balaban J connectivity index is 0.00000264. The lowest BCUT2D eigenvalue weighted by Gasteiger charge is -2.34. The lowest BCUT2D eigenvalue weighted by atomic mass is 9.93. The fourth-order valence-corrected chi connectivity index (χ4v) is 3.42. The fraction of sp³-hybridized carbons (Fsp3) is 0.667. The number of thiazole rings is 1. The largest absolute Gasteiger partial charge is 0.359 e. The highest BCUT2D eigenvalue weighted by Gasteiger charge is 2.23. The van der Waals surface area contributed by atoms with Gasteiger partial charge in [0.2, 0.25) is 5.91 Å². The van der Waals surface area contributed by atoms with Gasteiger partial charge in [-0.05, 0) is 25.7 Å². The second kappa shape index (κ2) is 10.1. The SMILES string of the molecule is CN=C(NCc1scnc1C)N1CCC(CC(=O)NC)CC1.I. The minimum Gasteiger partial charge on any atom is -0.359 e. The predicted molar refractivity (Wildman–Crippen MR) is 105 cm³/mol. The van der Waals surface area contributed by atoms with Crippen LogP contribution in [0.3, 0.4) is 0 Å². The Labute approximate surface area is 159 Å². The Morgan fingerprint density at radius 3 is 2.70 bits per heavy atom. The van der Waals surface area contributed by atoms with Gasteiger partial charge in [0.05, 0.1) is 17.7 Å². The van der Waals surface area contributed by atoms with Crippen molar-refractivity contribution >= 4 is 47.2 Å². The smallest absolute Gasteiger partial charge is 0.220 e. The summed E-state index contributed by atoms with van der Waals surface area (Å²) < 4.78 is 0. The molecule has 0 bridgehead atoms. The molecular formula is C15H26IN5OS. The fourth-order valence-electron chi connectivity index (χ4n) is 2.70. The van der Waals surface area contributed by atoms with Crippen molar-refractivity contribution in [3.05, 3.63) is 16.1 Å². The molecule has 1 aliphatic heterocycles. The number of hydrogen-bond acceptors (Lipinski definition) is 4. The zero-order valence-electron chi connectivity index (χ0n) is 14.0. The first-order chi connectivity index (χ1) is 10.6. The lowest BCUT2D eigenvalue weighted by molar-refractivity contribution is -0.121. The number of nitrogens with zero attached hydrogens (tertiary/aromatic N) is 3.